The van der Waals surface area contributed by atoms with E-state index < -0.39 is 30.4 Å². The van der Waals surface area contributed by atoms with Gasteiger partial charge < -0.3 is 25.2 Å². The number of carboxylic acid groups (broad SMARTS) is 1. The van der Waals surface area contributed by atoms with Crippen LogP contribution in [0.1, 0.15) is 0 Å². The summed E-state index contributed by atoms with van der Waals surface area (Å²) in [5, 5.41) is 35.1. The SMILES string of the molecule is NOC(C=O)C(O)C(O)C(O)C(=O)O. The summed E-state index contributed by atoms with van der Waals surface area (Å²) in [7, 11) is 0. The van der Waals surface area contributed by atoms with Crippen molar-refractivity contribution in [2.75, 3.05) is 0 Å². The summed E-state index contributed by atoms with van der Waals surface area (Å²) in [5.41, 5.74) is 0. The summed E-state index contributed by atoms with van der Waals surface area (Å²) in [5.74, 6) is 2.83. The lowest BCUT2D eigenvalue weighted by atomic mass is 10.0. The predicted molar refractivity (Wildman–Crippen MR) is 40.8 cm³/mol. The molecule has 0 aromatic heterocycles. The fraction of sp³-hybridized carbons (Fsp3) is 0.667. The van der Waals surface area contributed by atoms with Gasteiger partial charge in [0, 0.05) is 0 Å². The van der Waals surface area contributed by atoms with Gasteiger partial charge in [-0.2, -0.15) is 0 Å². The van der Waals surface area contributed by atoms with Crippen molar-refractivity contribution >= 4 is 12.3 Å². The second-order valence-corrected chi connectivity index (χ2v) is 2.50. The zero-order valence-corrected chi connectivity index (χ0v) is 6.98. The fourth-order valence-corrected chi connectivity index (χ4v) is 0.720. The Kier molecular flexibility index (Phi) is 5.20. The Hall–Kier alpha value is -1.06. The molecular weight excluding hydrogens is 198 g/mol. The molecule has 0 saturated heterocycles. The van der Waals surface area contributed by atoms with Crippen molar-refractivity contribution in [3.05, 3.63) is 0 Å². The van der Waals surface area contributed by atoms with Crippen molar-refractivity contribution < 1.29 is 34.9 Å². The quantitative estimate of drug-likeness (QED) is 0.224. The van der Waals surface area contributed by atoms with Crippen LogP contribution in [0.5, 0.6) is 0 Å². The molecule has 0 aromatic carbocycles. The largest absolute Gasteiger partial charge is 0.479 e. The van der Waals surface area contributed by atoms with Crippen LogP contribution < -0.4 is 5.90 Å². The molecule has 8 heteroatoms. The maximum atomic E-state index is 10.2. The summed E-state index contributed by atoms with van der Waals surface area (Å²) in [4.78, 5) is 24.3. The molecule has 82 valence electrons. The summed E-state index contributed by atoms with van der Waals surface area (Å²) in [6.45, 7) is 0. The number of hydrogen-bond donors (Lipinski definition) is 5. The van der Waals surface area contributed by atoms with Crippen LogP contribution in [-0.4, -0.2) is 57.1 Å². The van der Waals surface area contributed by atoms with Crippen LogP contribution in [0.4, 0.5) is 0 Å². The van der Waals surface area contributed by atoms with E-state index in [1.165, 1.54) is 0 Å². The van der Waals surface area contributed by atoms with E-state index in [1.54, 1.807) is 0 Å². The molecule has 0 radical (unpaired) electrons. The van der Waals surface area contributed by atoms with E-state index in [0.717, 1.165) is 0 Å². The smallest absolute Gasteiger partial charge is 0.335 e. The Bertz CT molecular complexity index is 202. The highest BCUT2D eigenvalue weighted by Gasteiger charge is 2.35. The highest BCUT2D eigenvalue weighted by molar-refractivity contribution is 5.73. The van der Waals surface area contributed by atoms with Gasteiger partial charge in [0.05, 0.1) is 0 Å². The molecular formula is C6H11NO7. The van der Waals surface area contributed by atoms with Gasteiger partial charge in [0.2, 0.25) is 0 Å². The Morgan fingerprint density at radius 3 is 2.07 bits per heavy atom. The zero-order chi connectivity index (χ0) is 11.3. The lowest BCUT2D eigenvalue weighted by Crippen LogP contribution is -2.49. The highest BCUT2D eigenvalue weighted by Crippen LogP contribution is 2.05. The van der Waals surface area contributed by atoms with E-state index in [4.69, 9.17) is 20.4 Å². The zero-order valence-electron chi connectivity index (χ0n) is 6.98. The number of carboxylic acids is 1. The van der Waals surface area contributed by atoms with Crippen molar-refractivity contribution in [2.45, 2.75) is 24.4 Å². The van der Waals surface area contributed by atoms with Crippen molar-refractivity contribution in [1.82, 2.24) is 0 Å². The van der Waals surface area contributed by atoms with Crippen molar-refractivity contribution in [2.24, 2.45) is 5.90 Å². The number of aliphatic hydroxyl groups is 3. The number of carbonyl (C=O) groups excluding carboxylic acids is 1. The third-order valence-electron chi connectivity index (χ3n) is 1.55. The molecule has 0 aliphatic carbocycles. The minimum atomic E-state index is -2.22. The maximum absolute atomic E-state index is 10.2. The Morgan fingerprint density at radius 1 is 1.29 bits per heavy atom. The molecule has 0 amide bonds. The Labute approximate surface area is 78.5 Å². The van der Waals surface area contributed by atoms with E-state index in [0.29, 0.717) is 0 Å². The number of aliphatic carboxylic acids is 1. The molecule has 0 aliphatic rings. The van der Waals surface area contributed by atoms with E-state index in [-0.39, 0.29) is 6.29 Å². The van der Waals surface area contributed by atoms with E-state index in [9.17, 15) is 9.59 Å². The normalized spacial score (nSPS) is 19.4. The second-order valence-electron chi connectivity index (χ2n) is 2.50. The molecule has 0 rings (SSSR count). The van der Waals surface area contributed by atoms with Crippen molar-refractivity contribution in [1.29, 1.82) is 0 Å². The first-order valence-electron chi connectivity index (χ1n) is 3.53. The third kappa shape index (κ3) is 3.01. The molecule has 0 heterocycles. The fourth-order valence-electron chi connectivity index (χ4n) is 0.720. The Balaban J connectivity index is 4.43. The summed E-state index contributed by atoms with van der Waals surface area (Å²) < 4.78 is 0. The molecule has 0 fully saturated rings. The lowest BCUT2D eigenvalue weighted by Gasteiger charge is -2.22. The molecule has 4 atom stereocenters. The number of nitrogens with two attached hydrogens (primary N) is 1. The number of carbonyl (C=O) groups is 2. The minimum absolute atomic E-state index is 0.0719. The molecule has 0 aliphatic heterocycles. The average Bonchev–Trinajstić information content (AvgIpc) is 2.17. The molecule has 4 unspecified atom stereocenters. The second kappa shape index (κ2) is 5.62. The third-order valence-corrected chi connectivity index (χ3v) is 1.55. The van der Waals surface area contributed by atoms with Gasteiger partial charge in [0.1, 0.15) is 12.2 Å². The van der Waals surface area contributed by atoms with E-state index in [1.807, 2.05) is 0 Å². The molecule has 14 heavy (non-hydrogen) atoms. The van der Waals surface area contributed by atoms with Crippen LogP contribution in [0.3, 0.4) is 0 Å². The first-order valence-corrected chi connectivity index (χ1v) is 3.53. The molecule has 6 N–H and O–H groups in total. The number of rotatable bonds is 6. The van der Waals surface area contributed by atoms with Gasteiger partial charge in [0.25, 0.3) is 0 Å². The summed E-state index contributed by atoms with van der Waals surface area (Å²) in [6.07, 6.45) is -7.72. The Morgan fingerprint density at radius 2 is 1.79 bits per heavy atom. The van der Waals surface area contributed by atoms with Gasteiger partial charge in [0.15, 0.2) is 18.5 Å². The van der Waals surface area contributed by atoms with Gasteiger partial charge in [-0.25, -0.2) is 10.7 Å². The molecule has 8 nitrogen and oxygen atoms in total. The summed E-state index contributed by atoms with van der Waals surface area (Å²) in [6, 6.07) is 0. The van der Waals surface area contributed by atoms with Gasteiger partial charge in [-0.3, -0.25) is 4.84 Å². The van der Waals surface area contributed by atoms with Crippen LogP contribution in [-0.2, 0) is 14.4 Å². The molecule has 0 bridgehead atoms. The minimum Gasteiger partial charge on any atom is -0.479 e. The molecule has 0 spiro atoms. The van der Waals surface area contributed by atoms with Gasteiger partial charge >= 0.3 is 5.97 Å². The molecule has 0 saturated carbocycles. The highest BCUT2D eigenvalue weighted by atomic mass is 16.6. The van der Waals surface area contributed by atoms with E-state index >= 15 is 0 Å². The first kappa shape index (κ1) is 12.9. The first-order chi connectivity index (χ1) is 6.45. The van der Waals surface area contributed by atoms with E-state index in [2.05, 4.69) is 10.7 Å². The van der Waals surface area contributed by atoms with Gasteiger partial charge in [-0.05, 0) is 0 Å². The predicted octanol–water partition coefficient (Wildman–Crippen LogP) is -3.39. The monoisotopic (exact) mass is 209 g/mol. The van der Waals surface area contributed by atoms with Crippen LogP contribution in [0.2, 0.25) is 0 Å². The standard InChI is InChI=1S/C6H11NO7/c7-14-2(1-8)3(9)4(10)5(11)6(12)13/h1-5,9-11H,7H2,(H,12,13). The molecule has 0 aromatic rings. The lowest BCUT2D eigenvalue weighted by molar-refractivity contribution is -0.167. The van der Waals surface area contributed by atoms with Gasteiger partial charge in [-0.15, -0.1) is 0 Å². The van der Waals surface area contributed by atoms with Crippen molar-refractivity contribution in [3.63, 3.8) is 0 Å². The van der Waals surface area contributed by atoms with Crippen LogP contribution in [0.15, 0.2) is 0 Å². The topological polar surface area (TPSA) is 150 Å². The number of aldehydes is 1. The number of hydrogen-bond acceptors (Lipinski definition) is 7. The van der Waals surface area contributed by atoms with Crippen LogP contribution >= 0.6 is 0 Å². The summed E-state index contributed by atoms with van der Waals surface area (Å²) >= 11 is 0. The van der Waals surface area contributed by atoms with Gasteiger partial charge in [-0.1, -0.05) is 0 Å². The van der Waals surface area contributed by atoms with Crippen molar-refractivity contribution in [3.8, 4) is 0 Å². The number of aliphatic hydroxyl groups excluding tert-OH is 3. The van der Waals surface area contributed by atoms with Crippen LogP contribution in [0, 0.1) is 0 Å². The van der Waals surface area contributed by atoms with Crippen LogP contribution in [0.25, 0.3) is 0 Å². The average molecular weight is 209 g/mol. The maximum Gasteiger partial charge on any atom is 0.335 e.